The van der Waals surface area contributed by atoms with Crippen molar-refractivity contribution in [3.8, 4) is 11.5 Å². The molecule has 126 valence electrons. The summed E-state index contributed by atoms with van der Waals surface area (Å²) in [5, 5.41) is 3.48. The Bertz CT molecular complexity index is 584. The Balaban J connectivity index is 0.00000264. The minimum Gasteiger partial charge on any atom is -0.493 e. The zero-order valence-corrected chi connectivity index (χ0v) is 15.8. The number of methoxy groups -OCH3 is 2. The molecule has 23 heavy (non-hydrogen) atoms. The number of rotatable bonds is 8. The summed E-state index contributed by atoms with van der Waals surface area (Å²) in [6, 6.07) is 14.9. The van der Waals surface area contributed by atoms with E-state index in [-0.39, 0.29) is 17.0 Å². The highest BCUT2D eigenvalue weighted by Crippen LogP contribution is 2.27. The van der Waals surface area contributed by atoms with Gasteiger partial charge >= 0.3 is 0 Å². The van der Waals surface area contributed by atoms with Gasteiger partial charge in [0.2, 0.25) is 0 Å². The molecule has 0 aliphatic heterocycles. The van der Waals surface area contributed by atoms with Crippen molar-refractivity contribution >= 4 is 17.0 Å². The highest BCUT2D eigenvalue weighted by Gasteiger charge is 2.04. The smallest absolute Gasteiger partial charge is 0.160 e. The minimum absolute atomic E-state index is 0. The Hall–Kier alpha value is -1.52. The first kappa shape index (κ1) is 19.5. The van der Waals surface area contributed by atoms with Crippen LogP contribution in [0.4, 0.5) is 0 Å². The van der Waals surface area contributed by atoms with E-state index in [9.17, 15) is 0 Å². The van der Waals surface area contributed by atoms with Gasteiger partial charge in [0.25, 0.3) is 0 Å². The number of hydrogen-bond donors (Lipinski definition) is 1. The van der Waals surface area contributed by atoms with Gasteiger partial charge < -0.3 is 14.8 Å². The van der Waals surface area contributed by atoms with Gasteiger partial charge in [-0.1, -0.05) is 37.3 Å². The second-order valence-corrected chi connectivity index (χ2v) is 5.29. The lowest BCUT2D eigenvalue weighted by atomic mass is 10.1. The van der Waals surface area contributed by atoms with Gasteiger partial charge in [-0.3, -0.25) is 0 Å². The van der Waals surface area contributed by atoms with Gasteiger partial charge in [-0.2, -0.15) is 0 Å². The van der Waals surface area contributed by atoms with E-state index in [1.54, 1.807) is 14.2 Å². The first-order chi connectivity index (χ1) is 10.8. The predicted octanol–water partition coefficient (Wildman–Crippen LogP) is 4.18. The molecular weight excluding hydrogens is 354 g/mol. The molecule has 0 bridgehead atoms. The number of ether oxygens (including phenoxy) is 2. The lowest BCUT2D eigenvalue weighted by Gasteiger charge is -2.10. The highest BCUT2D eigenvalue weighted by molar-refractivity contribution is 8.93. The van der Waals surface area contributed by atoms with Crippen molar-refractivity contribution in [2.75, 3.05) is 20.8 Å². The van der Waals surface area contributed by atoms with Crippen LogP contribution in [0.1, 0.15) is 23.6 Å². The van der Waals surface area contributed by atoms with Crippen LogP contribution in [0.25, 0.3) is 0 Å². The van der Waals surface area contributed by atoms with E-state index in [0.29, 0.717) is 0 Å². The third-order valence-electron chi connectivity index (χ3n) is 3.80. The first-order valence-corrected chi connectivity index (χ1v) is 7.76. The number of aryl methyl sites for hydroxylation is 1. The van der Waals surface area contributed by atoms with Crippen LogP contribution < -0.4 is 14.8 Å². The third-order valence-corrected chi connectivity index (χ3v) is 3.80. The van der Waals surface area contributed by atoms with E-state index in [4.69, 9.17) is 9.47 Å². The number of hydrogen-bond acceptors (Lipinski definition) is 3. The SMILES string of the molecule is Br.CCc1ccc(CNCCc2ccc(OC)c(OC)c2)cc1. The summed E-state index contributed by atoms with van der Waals surface area (Å²) >= 11 is 0. The van der Waals surface area contributed by atoms with Crippen LogP contribution in [0, 0.1) is 0 Å². The Kier molecular flexibility index (Phi) is 8.74. The molecule has 0 amide bonds. The lowest BCUT2D eigenvalue weighted by molar-refractivity contribution is 0.354. The van der Waals surface area contributed by atoms with Crippen molar-refractivity contribution in [2.45, 2.75) is 26.3 Å². The lowest BCUT2D eigenvalue weighted by Crippen LogP contribution is -2.16. The summed E-state index contributed by atoms with van der Waals surface area (Å²) in [6.07, 6.45) is 2.06. The topological polar surface area (TPSA) is 30.5 Å². The average Bonchev–Trinajstić information content (AvgIpc) is 2.59. The quantitative estimate of drug-likeness (QED) is 0.697. The van der Waals surface area contributed by atoms with E-state index >= 15 is 0 Å². The van der Waals surface area contributed by atoms with Crippen LogP contribution in [0.5, 0.6) is 11.5 Å². The number of nitrogens with one attached hydrogen (secondary N) is 1. The molecule has 0 heterocycles. The van der Waals surface area contributed by atoms with Crippen molar-refractivity contribution in [3.63, 3.8) is 0 Å². The molecule has 1 N–H and O–H groups in total. The highest BCUT2D eigenvalue weighted by atomic mass is 79.9. The van der Waals surface area contributed by atoms with Gasteiger partial charge in [-0.25, -0.2) is 0 Å². The number of benzene rings is 2. The molecule has 0 atom stereocenters. The van der Waals surface area contributed by atoms with Crippen molar-refractivity contribution in [1.82, 2.24) is 5.32 Å². The predicted molar refractivity (Wildman–Crippen MR) is 101 cm³/mol. The summed E-state index contributed by atoms with van der Waals surface area (Å²) in [4.78, 5) is 0. The molecule has 0 aromatic heterocycles. The maximum Gasteiger partial charge on any atom is 0.160 e. The van der Waals surface area contributed by atoms with Crippen molar-refractivity contribution in [1.29, 1.82) is 0 Å². The fourth-order valence-electron chi connectivity index (χ4n) is 2.39. The van der Waals surface area contributed by atoms with Crippen LogP contribution >= 0.6 is 17.0 Å². The molecule has 2 aromatic rings. The van der Waals surface area contributed by atoms with Crippen LogP contribution in [-0.2, 0) is 19.4 Å². The van der Waals surface area contributed by atoms with Gasteiger partial charge in [0.05, 0.1) is 14.2 Å². The number of halogens is 1. The van der Waals surface area contributed by atoms with Gasteiger partial charge in [-0.05, 0) is 48.2 Å². The molecule has 0 saturated carbocycles. The monoisotopic (exact) mass is 379 g/mol. The van der Waals surface area contributed by atoms with Crippen LogP contribution in [0.2, 0.25) is 0 Å². The minimum atomic E-state index is 0. The summed E-state index contributed by atoms with van der Waals surface area (Å²) in [5.41, 5.74) is 3.95. The molecule has 3 nitrogen and oxygen atoms in total. The molecular formula is C19H26BrNO2. The Morgan fingerprint density at radius 1 is 0.826 bits per heavy atom. The fourth-order valence-corrected chi connectivity index (χ4v) is 2.39. The van der Waals surface area contributed by atoms with Crippen molar-refractivity contribution < 1.29 is 9.47 Å². The zero-order valence-electron chi connectivity index (χ0n) is 14.1. The Labute approximate surface area is 149 Å². The van der Waals surface area contributed by atoms with Crippen molar-refractivity contribution in [3.05, 3.63) is 59.2 Å². The second kappa shape index (κ2) is 10.3. The average molecular weight is 380 g/mol. The third kappa shape index (κ3) is 5.88. The van der Waals surface area contributed by atoms with E-state index in [1.807, 2.05) is 12.1 Å². The van der Waals surface area contributed by atoms with Crippen LogP contribution in [0.15, 0.2) is 42.5 Å². The second-order valence-electron chi connectivity index (χ2n) is 5.29. The Morgan fingerprint density at radius 3 is 2.04 bits per heavy atom. The molecule has 0 aliphatic rings. The summed E-state index contributed by atoms with van der Waals surface area (Å²) < 4.78 is 10.6. The fraction of sp³-hybridized carbons (Fsp3) is 0.368. The molecule has 2 aromatic carbocycles. The molecule has 0 radical (unpaired) electrons. The van der Waals surface area contributed by atoms with Gasteiger partial charge in [0.15, 0.2) is 11.5 Å². The molecule has 2 rings (SSSR count). The molecule has 4 heteroatoms. The zero-order chi connectivity index (χ0) is 15.8. The van der Waals surface area contributed by atoms with E-state index < -0.39 is 0 Å². The van der Waals surface area contributed by atoms with E-state index in [2.05, 4.69) is 42.6 Å². The maximum absolute atomic E-state index is 5.33. The molecule has 0 aliphatic carbocycles. The normalized spacial score (nSPS) is 10.0. The van der Waals surface area contributed by atoms with Crippen LogP contribution in [0.3, 0.4) is 0 Å². The van der Waals surface area contributed by atoms with Crippen molar-refractivity contribution in [2.24, 2.45) is 0 Å². The summed E-state index contributed by atoms with van der Waals surface area (Å²) in [5.74, 6) is 1.56. The molecule has 0 fully saturated rings. The summed E-state index contributed by atoms with van der Waals surface area (Å²) in [7, 11) is 3.32. The molecule has 0 saturated heterocycles. The van der Waals surface area contributed by atoms with E-state index in [0.717, 1.165) is 37.4 Å². The molecule has 0 unspecified atom stereocenters. The van der Waals surface area contributed by atoms with E-state index in [1.165, 1.54) is 16.7 Å². The Morgan fingerprint density at radius 2 is 1.43 bits per heavy atom. The first-order valence-electron chi connectivity index (χ1n) is 7.76. The van der Waals surface area contributed by atoms with Crippen LogP contribution in [-0.4, -0.2) is 20.8 Å². The van der Waals surface area contributed by atoms with Gasteiger partial charge in [0, 0.05) is 6.54 Å². The molecule has 0 spiro atoms. The van der Waals surface area contributed by atoms with Gasteiger partial charge in [0.1, 0.15) is 0 Å². The largest absolute Gasteiger partial charge is 0.493 e. The van der Waals surface area contributed by atoms with Gasteiger partial charge in [-0.15, -0.1) is 17.0 Å². The maximum atomic E-state index is 5.33. The summed E-state index contributed by atoms with van der Waals surface area (Å²) in [6.45, 7) is 4.01. The standard InChI is InChI=1S/C19H25NO2.BrH/c1-4-15-5-7-17(8-6-15)14-20-12-11-16-9-10-18(21-2)19(13-16)22-3;/h5-10,13,20H,4,11-12,14H2,1-3H3;1H.